The van der Waals surface area contributed by atoms with Gasteiger partial charge in [-0.1, -0.05) is 25.4 Å². The van der Waals surface area contributed by atoms with Gasteiger partial charge in [-0.15, -0.1) is 0 Å². The van der Waals surface area contributed by atoms with E-state index in [-0.39, 0.29) is 17.4 Å². The Morgan fingerprint density at radius 2 is 2.16 bits per heavy atom. The number of anilines is 2. The second kappa shape index (κ2) is 6.68. The van der Waals surface area contributed by atoms with Gasteiger partial charge in [0.15, 0.2) is 12.1 Å². The minimum absolute atomic E-state index is 0.000186. The number of nitrogens with one attached hydrogen (secondary N) is 1. The molecule has 134 valence electrons. The quantitative estimate of drug-likeness (QED) is 0.874. The molecule has 0 spiro atoms. The lowest BCUT2D eigenvalue weighted by molar-refractivity contribution is 0.102. The van der Waals surface area contributed by atoms with Gasteiger partial charge in [0.25, 0.3) is 5.91 Å². The van der Waals surface area contributed by atoms with Crippen molar-refractivity contribution in [1.29, 1.82) is 0 Å². The first-order chi connectivity index (χ1) is 11.8. The molecule has 0 unspecified atom stereocenters. The van der Waals surface area contributed by atoms with E-state index in [2.05, 4.69) is 10.3 Å². The number of benzene rings is 1. The van der Waals surface area contributed by atoms with Gasteiger partial charge in [0.1, 0.15) is 5.76 Å². The van der Waals surface area contributed by atoms with Gasteiger partial charge in [0.2, 0.25) is 10.0 Å². The Kier molecular flexibility index (Phi) is 4.75. The fraction of sp³-hybridized carbons (Fsp3) is 0.375. The molecule has 0 radical (unpaired) electrons. The summed E-state index contributed by atoms with van der Waals surface area (Å²) in [7, 11) is -3.31. The van der Waals surface area contributed by atoms with Crippen LogP contribution in [-0.2, 0) is 10.0 Å². The van der Waals surface area contributed by atoms with E-state index in [0.717, 1.165) is 0 Å². The highest BCUT2D eigenvalue weighted by molar-refractivity contribution is 7.93. The summed E-state index contributed by atoms with van der Waals surface area (Å²) in [6, 6.07) is 4.74. The highest BCUT2D eigenvalue weighted by Crippen LogP contribution is 2.31. The van der Waals surface area contributed by atoms with Crippen molar-refractivity contribution >= 4 is 38.9 Å². The van der Waals surface area contributed by atoms with Crippen molar-refractivity contribution in [3.63, 3.8) is 0 Å². The minimum Gasteiger partial charge on any atom is -0.447 e. The largest absolute Gasteiger partial charge is 0.447 e. The summed E-state index contributed by atoms with van der Waals surface area (Å²) in [6.45, 7) is 4.20. The van der Waals surface area contributed by atoms with Gasteiger partial charge in [-0.25, -0.2) is 13.4 Å². The van der Waals surface area contributed by atoms with E-state index < -0.39 is 15.9 Å². The number of sulfonamides is 1. The number of carbonyl (C=O) groups excluding carboxylic acids is 1. The van der Waals surface area contributed by atoms with Gasteiger partial charge >= 0.3 is 0 Å². The lowest BCUT2D eigenvalue weighted by Gasteiger charge is -2.18. The van der Waals surface area contributed by atoms with Crippen molar-refractivity contribution in [1.82, 2.24) is 4.98 Å². The standard InChI is InChI=1S/C16H18ClN3O4S/c1-10(2)15-14(18-9-24-15)16(21)19-13-8-11(4-5-12(13)17)20-6-3-7-25(20,22)23/h4-5,8-10H,3,6-7H2,1-2H3,(H,19,21). The second-order valence-corrected chi connectivity index (χ2v) is 8.50. The van der Waals surface area contributed by atoms with Crippen molar-refractivity contribution in [3.8, 4) is 0 Å². The molecule has 1 aromatic carbocycles. The molecule has 1 amide bonds. The lowest BCUT2D eigenvalue weighted by atomic mass is 10.1. The number of oxazole rings is 1. The summed E-state index contributed by atoms with van der Waals surface area (Å²) in [6.07, 6.45) is 1.79. The number of halogens is 1. The number of hydrogen-bond donors (Lipinski definition) is 1. The molecule has 0 saturated carbocycles. The van der Waals surface area contributed by atoms with Crippen LogP contribution < -0.4 is 9.62 Å². The van der Waals surface area contributed by atoms with E-state index in [1.165, 1.54) is 10.7 Å². The van der Waals surface area contributed by atoms with Crippen LogP contribution in [0.5, 0.6) is 0 Å². The number of carbonyl (C=O) groups is 1. The maximum atomic E-state index is 12.5. The zero-order valence-electron chi connectivity index (χ0n) is 13.8. The Morgan fingerprint density at radius 1 is 1.40 bits per heavy atom. The van der Waals surface area contributed by atoms with E-state index in [1.807, 2.05) is 13.8 Å². The van der Waals surface area contributed by atoms with E-state index in [9.17, 15) is 13.2 Å². The molecule has 0 bridgehead atoms. The van der Waals surface area contributed by atoms with Crippen LogP contribution in [0.15, 0.2) is 29.0 Å². The first-order valence-corrected chi connectivity index (χ1v) is 9.83. The number of rotatable bonds is 4. The molecule has 3 rings (SSSR count). The summed E-state index contributed by atoms with van der Waals surface area (Å²) < 4.78 is 30.7. The average molecular weight is 384 g/mol. The van der Waals surface area contributed by atoms with E-state index >= 15 is 0 Å². The highest BCUT2D eigenvalue weighted by atomic mass is 35.5. The molecule has 1 aliphatic rings. The van der Waals surface area contributed by atoms with Gasteiger partial charge in [0.05, 0.1) is 22.2 Å². The SMILES string of the molecule is CC(C)c1ocnc1C(=O)Nc1cc(N2CCCS2(=O)=O)ccc1Cl. The van der Waals surface area contributed by atoms with Crippen LogP contribution in [0.4, 0.5) is 11.4 Å². The van der Waals surface area contributed by atoms with E-state index in [4.69, 9.17) is 16.0 Å². The molecule has 1 fully saturated rings. The topological polar surface area (TPSA) is 92.5 Å². The summed E-state index contributed by atoms with van der Waals surface area (Å²) >= 11 is 6.16. The van der Waals surface area contributed by atoms with Crippen LogP contribution >= 0.6 is 11.6 Å². The van der Waals surface area contributed by atoms with Gasteiger partial charge in [-0.3, -0.25) is 9.10 Å². The molecule has 25 heavy (non-hydrogen) atoms. The van der Waals surface area contributed by atoms with Gasteiger partial charge in [0, 0.05) is 12.5 Å². The number of aromatic nitrogens is 1. The molecule has 2 aromatic rings. The Bertz CT molecular complexity index is 908. The molecule has 1 aliphatic heterocycles. The fourth-order valence-electron chi connectivity index (χ4n) is 2.71. The Hall–Kier alpha value is -2.06. The van der Waals surface area contributed by atoms with Crippen LogP contribution in [0, 0.1) is 0 Å². The third-order valence-electron chi connectivity index (χ3n) is 3.92. The monoisotopic (exact) mass is 383 g/mol. The first-order valence-electron chi connectivity index (χ1n) is 7.84. The van der Waals surface area contributed by atoms with Crippen LogP contribution in [0.2, 0.25) is 5.02 Å². The molecule has 1 aromatic heterocycles. The molecule has 9 heteroatoms. The molecule has 1 N–H and O–H groups in total. The molecule has 0 atom stereocenters. The predicted molar refractivity (Wildman–Crippen MR) is 95.7 cm³/mol. The first kappa shape index (κ1) is 17.8. The predicted octanol–water partition coefficient (Wildman–Crippen LogP) is 3.24. The molecule has 0 aliphatic carbocycles. The Morgan fingerprint density at radius 3 is 2.80 bits per heavy atom. The van der Waals surface area contributed by atoms with Gasteiger partial charge < -0.3 is 9.73 Å². The van der Waals surface area contributed by atoms with Crippen molar-refractivity contribution < 1.29 is 17.6 Å². The molecule has 2 heterocycles. The summed E-state index contributed by atoms with van der Waals surface area (Å²) in [5.41, 5.74) is 0.982. The minimum atomic E-state index is -3.31. The maximum Gasteiger partial charge on any atom is 0.277 e. The fourth-order valence-corrected chi connectivity index (χ4v) is 4.43. The third-order valence-corrected chi connectivity index (χ3v) is 6.12. The third kappa shape index (κ3) is 3.50. The van der Waals surface area contributed by atoms with Crippen molar-refractivity contribution in [2.75, 3.05) is 21.9 Å². The summed E-state index contributed by atoms with van der Waals surface area (Å²) in [5, 5.41) is 2.99. The zero-order chi connectivity index (χ0) is 18.2. The van der Waals surface area contributed by atoms with Crippen molar-refractivity contribution in [2.45, 2.75) is 26.2 Å². The van der Waals surface area contributed by atoms with Crippen molar-refractivity contribution in [2.24, 2.45) is 0 Å². The Labute approximate surface area is 151 Å². The van der Waals surface area contributed by atoms with Crippen molar-refractivity contribution in [3.05, 3.63) is 41.1 Å². The maximum absolute atomic E-state index is 12.5. The lowest BCUT2D eigenvalue weighted by Crippen LogP contribution is -2.25. The smallest absolute Gasteiger partial charge is 0.277 e. The van der Waals surface area contributed by atoms with E-state index in [1.54, 1.807) is 18.2 Å². The summed E-state index contributed by atoms with van der Waals surface area (Å²) in [5.74, 6) is 0.140. The van der Waals surface area contributed by atoms with Gasteiger partial charge in [-0.05, 0) is 24.6 Å². The van der Waals surface area contributed by atoms with Crippen LogP contribution in [0.3, 0.4) is 0 Å². The van der Waals surface area contributed by atoms with Crippen LogP contribution in [0.25, 0.3) is 0 Å². The zero-order valence-corrected chi connectivity index (χ0v) is 15.4. The number of amides is 1. The molecule has 7 nitrogen and oxygen atoms in total. The van der Waals surface area contributed by atoms with Crippen LogP contribution in [0.1, 0.15) is 42.4 Å². The normalized spacial score (nSPS) is 16.4. The molecular formula is C16H18ClN3O4S. The number of nitrogens with zero attached hydrogens (tertiary/aromatic N) is 2. The van der Waals surface area contributed by atoms with Crippen LogP contribution in [-0.4, -0.2) is 31.6 Å². The molecule has 1 saturated heterocycles. The van der Waals surface area contributed by atoms with Gasteiger partial charge in [-0.2, -0.15) is 0 Å². The average Bonchev–Trinajstić information content (AvgIpc) is 3.15. The summed E-state index contributed by atoms with van der Waals surface area (Å²) in [4.78, 5) is 16.4. The molecular weight excluding hydrogens is 366 g/mol. The second-order valence-electron chi connectivity index (χ2n) is 6.08. The highest BCUT2D eigenvalue weighted by Gasteiger charge is 2.29. The Balaban J connectivity index is 1.89. The number of hydrogen-bond acceptors (Lipinski definition) is 5. The van der Waals surface area contributed by atoms with E-state index in [0.29, 0.717) is 35.1 Å².